The minimum atomic E-state index is -2.35. The monoisotopic (exact) mass is 268 g/mol. The standard InChI is InChI=1S/C15H20F2.C2H6/c1-3-7-15(8-4-9-15)12-6-5-11(2)13(10-12)14(16)17;1-2/h5-6,10,14H,3-4,7-9H2,1-2H3;1-2H3. The molecule has 2 rings (SSSR count). The van der Waals surface area contributed by atoms with Gasteiger partial charge in [-0.3, -0.25) is 0 Å². The Morgan fingerprint density at radius 1 is 1.21 bits per heavy atom. The molecule has 1 fully saturated rings. The van der Waals surface area contributed by atoms with Crippen molar-refractivity contribution in [1.82, 2.24) is 0 Å². The lowest BCUT2D eigenvalue weighted by atomic mass is 9.62. The van der Waals surface area contributed by atoms with Gasteiger partial charge in [-0.2, -0.15) is 0 Å². The summed E-state index contributed by atoms with van der Waals surface area (Å²) in [7, 11) is 0. The number of aryl methyl sites for hydroxylation is 1. The molecule has 0 atom stereocenters. The molecular weight excluding hydrogens is 242 g/mol. The highest BCUT2D eigenvalue weighted by Crippen LogP contribution is 2.47. The fourth-order valence-corrected chi connectivity index (χ4v) is 2.97. The molecule has 0 amide bonds. The maximum absolute atomic E-state index is 12.9. The highest BCUT2D eigenvalue weighted by molar-refractivity contribution is 5.37. The quantitative estimate of drug-likeness (QED) is 0.611. The number of halogens is 2. The molecule has 0 heterocycles. The minimum absolute atomic E-state index is 0.200. The summed E-state index contributed by atoms with van der Waals surface area (Å²) >= 11 is 0. The second-order valence-corrected chi connectivity index (χ2v) is 5.26. The van der Waals surface area contributed by atoms with Crippen molar-refractivity contribution in [3.05, 3.63) is 34.9 Å². The summed E-state index contributed by atoms with van der Waals surface area (Å²) < 4.78 is 25.8. The molecule has 1 aromatic carbocycles. The second-order valence-electron chi connectivity index (χ2n) is 5.26. The normalized spacial score (nSPS) is 16.6. The van der Waals surface area contributed by atoms with Crippen LogP contribution in [0.15, 0.2) is 18.2 Å². The Kier molecular flexibility index (Phi) is 5.96. The van der Waals surface area contributed by atoms with E-state index < -0.39 is 6.43 Å². The fourth-order valence-electron chi connectivity index (χ4n) is 2.97. The van der Waals surface area contributed by atoms with Crippen molar-refractivity contribution in [2.45, 2.75) is 71.6 Å². The van der Waals surface area contributed by atoms with Gasteiger partial charge < -0.3 is 0 Å². The van der Waals surface area contributed by atoms with Crippen LogP contribution in [-0.2, 0) is 5.41 Å². The summed E-state index contributed by atoms with van der Waals surface area (Å²) in [4.78, 5) is 0. The molecule has 19 heavy (non-hydrogen) atoms. The Hall–Kier alpha value is -0.920. The summed E-state index contributed by atoms with van der Waals surface area (Å²) in [5.74, 6) is 0. The van der Waals surface area contributed by atoms with Crippen molar-refractivity contribution in [3.8, 4) is 0 Å². The number of hydrogen-bond acceptors (Lipinski definition) is 0. The first kappa shape index (κ1) is 16.1. The Morgan fingerprint density at radius 3 is 2.26 bits per heavy atom. The molecule has 0 spiro atoms. The molecule has 1 aliphatic rings. The molecule has 0 N–H and O–H groups in total. The van der Waals surface area contributed by atoms with E-state index >= 15 is 0 Å². The molecule has 0 nitrogen and oxygen atoms in total. The third-order valence-electron chi connectivity index (χ3n) is 4.17. The Morgan fingerprint density at radius 2 is 1.84 bits per heavy atom. The molecule has 0 aromatic heterocycles. The SMILES string of the molecule is CC.CCCC1(c2ccc(C)c(C(F)F)c2)CCC1. The van der Waals surface area contributed by atoms with Crippen LogP contribution in [0.3, 0.4) is 0 Å². The molecule has 0 aliphatic heterocycles. The Bertz CT molecular complexity index is 392. The van der Waals surface area contributed by atoms with Gasteiger partial charge in [-0.05, 0) is 48.8 Å². The Labute approximate surface area is 116 Å². The molecule has 0 saturated heterocycles. The summed E-state index contributed by atoms with van der Waals surface area (Å²) in [6, 6.07) is 5.65. The van der Waals surface area contributed by atoms with Gasteiger partial charge in [0.2, 0.25) is 0 Å². The molecule has 0 unspecified atom stereocenters. The highest BCUT2D eigenvalue weighted by Gasteiger charge is 2.37. The zero-order chi connectivity index (χ0) is 14.5. The minimum Gasteiger partial charge on any atom is -0.205 e. The van der Waals surface area contributed by atoms with Gasteiger partial charge in [0.25, 0.3) is 6.43 Å². The van der Waals surface area contributed by atoms with E-state index in [1.165, 1.54) is 6.42 Å². The lowest BCUT2D eigenvalue weighted by molar-refractivity contribution is 0.149. The lowest BCUT2D eigenvalue weighted by Gasteiger charge is -2.43. The first-order chi connectivity index (χ1) is 9.09. The van der Waals surface area contributed by atoms with Crippen LogP contribution in [0.4, 0.5) is 8.78 Å². The Balaban J connectivity index is 0.000000861. The van der Waals surface area contributed by atoms with Crippen molar-refractivity contribution in [3.63, 3.8) is 0 Å². The topological polar surface area (TPSA) is 0 Å². The van der Waals surface area contributed by atoms with E-state index in [9.17, 15) is 8.78 Å². The van der Waals surface area contributed by atoms with E-state index in [2.05, 4.69) is 13.0 Å². The largest absolute Gasteiger partial charge is 0.264 e. The van der Waals surface area contributed by atoms with Gasteiger partial charge >= 0.3 is 0 Å². The van der Waals surface area contributed by atoms with Crippen molar-refractivity contribution >= 4 is 0 Å². The van der Waals surface area contributed by atoms with Crippen molar-refractivity contribution in [2.75, 3.05) is 0 Å². The van der Waals surface area contributed by atoms with Crippen molar-refractivity contribution in [1.29, 1.82) is 0 Å². The molecule has 1 aromatic rings. The second kappa shape index (κ2) is 7.02. The molecule has 1 aliphatic carbocycles. The zero-order valence-electron chi connectivity index (χ0n) is 12.6. The molecule has 2 heteroatoms. The van der Waals surface area contributed by atoms with E-state index in [4.69, 9.17) is 0 Å². The van der Waals surface area contributed by atoms with E-state index in [1.54, 1.807) is 13.0 Å². The van der Waals surface area contributed by atoms with Gasteiger partial charge in [0, 0.05) is 5.56 Å². The van der Waals surface area contributed by atoms with Crippen LogP contribution in [0.25, 0.3) is 0 Å². The molecule has 0 bridgehead atoms. The van der Waals surface area contributed by atoms with Gasteiger partial charge in [0.1, 0.15) is 0 Å². The fraction of sp³-hybridized carbons (Fsp3) is 0.647. The van der Waals surface area contributed by atoms with Gasteiger partial charge in [-0.15, -0.1) is 0 Å². The van der Waals surface area contributed by atoms with Crippen molar-refractivity contribution in [2.24, 2.45) is 0 Å². The van der Waals surface area contributed by atoms with Crippen LogP contribution in [0.5, 0.6) is 0 Å². The third kappa shape index (κ3) is 3.34. The number of hydrogen-bond donors (Lipinski definition) is 0. The lowest BCUT2D eigenvalue weighted by Crippen LogP contribution is -2.34. The van der Waals surface area contributed by atoms with Crippen LogP contribution in [0.2, 0.25) is 0 Å². The van der Waals surface area contributed by atoms with Gasteiger partial charge in [-0.1, -0.05) is 45.7 Å². The number of rotatable bonds is 4. The van der Waals surface area contributed by atoms with E-state index in [1.807, 2.05) is 19.9 Å². The number of alkyl halides is 2. The maximum atomic E-state index is 12.9. The van der Waals surface area contributed by atoms with E-state index in [0.29, 0.717) is 5.56 Å². The van der Waals surface area contributed by atoms with Crippen LogP contribution in [0, 0.1) is 6.92 Å². The summed E-state index contributed by atoms with van der Waals surface area (Å²) in [5.41, 5.74) is 2.25. The maximum Gasteiger partial charge on any atom is 0.264 e. The highest BCUT2D eigenvalue weighted by atomic mass is 19.3. The van der Waals surface area contributed by atoms with E-state index in [0.717, 1.165) is 31.2 Å². The molecule has 1 saturated carbocycles. The predicted octanol–water partition coefficient (Wildman–Crippen LogP) is 6.18. The molecule has 108 valence electrons. The average Bonchev–Trinajstić information content (AvgIpc) is 2.37. The summed E-state index contributed by atoms with van der Waals surface area (Å²) in [5, 5.41) is 0. The van der Waals surface area contributed by atoms with Gasteiger partial charge in [0.05, 0.1) is 0 Å². The predicted molar refractivity (Wildman–Crippen MR) is 77.9 cm³/mol. The smallest absolute Gasteiger partial charge is 0.205 e. The van der Waals surface area contributed by atoms with Crippen LogP contribution in [0.1, 0.15) is 76.0 Å². The third-order valence-corrected chi connectivity index (χ3v) is 4.17. The van der Waals surface area contributed by atoms with Crippen molar-refractivity contribution < 1.29 is 8.78 Å². The first-order valence-electron chi connectivity index (χ1n) is 7.48. The van der Waals surface area contributed by atoms with Gasteiger partial charge in [0.15, 0.2) is 0 Å². The van der Waals surface area contributed by atoms with Crippen LogP contribution in [-0.4, -0.2) is 0 Å². The summed E-state index contributed by atoms with van der Waals surface area (Å²) in [6.07, 6.45) is 3.45. The van der Waals surface area contributed by atoms with E-state index in [-0.39, 0.29) is 11.0 Å². The zero-order valence-corrected chi connectivity index (χ0v) is 12.6. The number of benzene rings is 1. The van der Waals surface area contributed by atoms with Gasteiger partial charge in [-0.25, -0.2) is 8.78 Å². The first-order valence-corrected chi connectivity index (χ1v) is 7.48. The average molecular weight is 268 g/mol. The van der Waals surface area contributed by atoms with Crippen LogP contribution >= 0.6 is 0 Å². The van der Waals surface area contributed by atoms with Crippen LogP contribution < -0.4 is 0 Å². The molecular formula is C17H26F2. The molecule has 0 radical (unpaired) electrons. The summed E-state index contributed by atoms with van der Waals surface area (Å²) in [6.45, 7) is 7.93.